The molecule has 2 amide bonds. The number of urea groups is 1. The predicted molar refractivity (Wildman–Crippen MR) is 81.8 cm³/mol. The summed E-state index contributed by atoms with van der Waals surface area (Å²) in [7, 11) is -2.51. The van der Waals surface area contributed by atoms with Crippen LogP contribution in [-0.4, -0.2) is 45.0 Å². The molecule has 2 rings (SSSR count). The number of anilines is 1. The maximum atomic E-state index is 12.5. The van der Waals surface area contributed by atoms with Gasteiger partial charge in [-0.25, -0.2) is 17.5 Å². The van der Waals surface area contributed by atoms with Crippen LogP contribution in [0.15, 0.2) is 23.1 Å². The van der Waals surface area contributed by atoms with E-state index in [0.717, 1.165) is 4.31 Å². The van der Waals surface area contributed by atoms with Gasteiger partial charge in [-0.2, -0.15) is 0 Å². The minimum atomic E-state index is -3.95. The largest absolute Gasteiger partial charge is 0.497 e. The fourth-order valence-corrected chi connectivity index (χ4v) is 3.68. The van der Waals surface area contributed by atoms with E-state index in [0.29, 0.717) is 5.75 Å². The van der Waals surface area contributed by atoms with E-state index in [1.807, 2.05) is 0 Å². The van der Waals surface area contributed by atoms with Crippen LogP contribution in [0.25, 0.3) is 0 Å². The molecule has 0 aromatic heterocycles. The average molecular weight is 342 g/mol. The standard InChI is InChI=1S/C14H18N2O6S/c1-3-22-13(17)5-4-8-16-14(18)15-11-9-10(21-2)6-7-12(11)23(16,19)20/h6-7,9H,3-5,8H2,1-2H3,(H,15,18). The monoisotopic (exact) mass is 342 g/mol. The number of carbonyl (C=O) groups is 2. The van der Waals surface area contributed by atoms with Crippen molar-refractivity contribution in [3.63, 3.8) is 0 Å². The van der Waals surface area contributed by atoms with Gasteiger partial charge in [-0.3, -0.25) is 4.79 Å². The molecule has 0 radical (unpaired) electrons. The Morgan fingerprint density at radius 3 is 2.74 bits per heavy atom. The van der Waals surface area contributed by atoms with Gasteiger partial charge in [-0.05, 0) is 25.5 Å². The molecule has 8 nitrogen and oxygen atoms in total. The highest BCUT2D eigenvalue weighted by Crippen LogP contribution is 2.33. The van der Waals surface area contributed by atoms with E-state index in [2.05, 4.69) is 5.32 Å². The Morgan fingerprint density at radius 2 is 2.09 bits per heavy atom. The molecule has 0 atom stereocenters. The minimum absolute atomic E-state index is 0.00552. The van der Waals surface area contributed by atoms with Crippen LogP contribution in [-0.2, 0) is 19.6 Å². The lowest BCUT2D eigenvalue weighted by Crippen LogP contribution is -2.44. The fourth-order valence-electron chi connectivity index (χ4n) is 2.19. The number of rotatable bonds is 6. The molecule has 0 spiro atoms. The van der Waals surface area contributed by atoms with Crippen LogP contribution in [0.5, 0.6) is 5.75 Å². The van der Waals surface area contributed by atoms with Gasteiger partial charge in [0.1, 0.15) is 10.6 Å². The highest BCUT2D eigenvalue weighted by Gasteiger charge is 2.36. The Hall–Kier alpha value is -2.29. The van der Waals surface area contributed by atoms with Crippen molar-refractivity contribution in [3.05, 3.63) is 18.2 Å². The van der Waals surface area contributed by atoms with Crippen LogP contribution in [0, 0.1) is 0 Å². The normalized spacial score (nSPS) is 15.6. The van der Waals surface area contributed by atoms with Crippen molar-refractivity contribution < 1.29 is 27.5 Å². The smallest absolute Gasteiger partial charge is 0.335 e. The summed E-state index contributed by atoms with van der Waals surface area (Å²) in [6, 6.07) is 3.57. The Kier molecular flexibility index (Phi) is 5.09. The minimum Gasteiger partial charge on any atom is -0.497 e. The second-order valence-corrected chi connectivity index (χ2v) is 6.61. The lowest BCUT2D eigenvalue weighted by molar-refractivity contribution is -0.143. The first-order chi connectivity index (χ1) is 10.9. The molecule has 1 aromatic rings. The zero-order chi connectivity index (χ0) is 17.0. The molecule has 1 aliphatic heterocycles. The molecule has 1 aromatic carbocycles. The van der Waals surface area contributed by atoms with Gasteiger partial charge < -0.3 is 14.8 Å². The number of nitrogens with one attached hydrogen (secondary N) is 1. The topological polar surface area (TPSA) is 102 Å². The van der Waals surface area contributed by atoms with Crippen molar-refractivity contribution >= 4 is 27.7 Å². The molecule has 23 heavy (non-hydrogen) atoms. The number of amides is 2. The number of carbonyl (C=O) groups excluding carboxylic acids is 2. The summed E-state index contributed by atoms with van der Waals surface area (Å²) in [6.45, 7) is 1.85. The first-order valence-corrected chi connectivity index (χ1v) is 8.51. The zero-order valence-corrected chi connectivity index (χ0v) is 13.7. The summed E-state index contributed by atoms with van der Waals surface area (Å²) < 4.78 is 35.6. The maximum absolute atomic E-state index is 12.5. The van der Waals surface area contributed by atoms with Gasteiger partial charge in [-0.1, -0.05) is 0 Å². The second-order valence-electron chi connectivity index (χ2n) is 4.78. The Balaban J connectivity index is 2.16. The zero-order valence-electron chi connectivity index (χ0n) is 12.9. The Labute approximate surface area is 134 Å². The van der Waals surface area contributed by atoms with Crippen molar-refractivity contribution in [2.45, 2.75) is 24.7 Å². The van der Waals surface area contributed by atoms with Crippen LogP contribution in [0.2, 0.25) is 0 Å². The van der Waals surface area contributed by atoms with Crippen molar-refractivity contribution in [2.75, 3.05) is 25.6 Å². The van der Waals surface area contributed by atoms with Crippen molar-refractivity contribution in [1.82, 2.24) is 4.31 Å². The Bertz CT molecular complexity index is 716. The summed E-state index contributed by atoms with van der Waals surface area (Å²) in [6.07, 6.45) is 0.236. The molecule has 0 saturated carbocycles. The van der Waals surface area contributed by atoms with E-state index in [1.54, 1.807) is 6.92 Å². The first kappa shape index (κ1) is 17.1. The van der Waals surface area contributed by atoms with E-state index in [4.69, 9.17) is 9.47 Å². The number of hydrogen-bond donors (Lipinski definition) is 1. The molecule has 9 heteroatoms. The van der Waals surface area contributed by atoms with Crippen LogP contribution >= 0.6 is 0 Å². The van der Waals surface area contributed by atoms with E-state index in [9.17, 15) is 18.0 Å². The van der Waals surface area contributed by atoms with E-state index >= 15 is 0 Å². The number of methoxy groups -OCH3 is 1. The Morgan fingerprint density at radius 1 is 1.35 bits per heavy atom. The van der Waals surface area contributed by atoms with E-state index in [1.165, 1.54) is 25.3 Å². The van der Waals surface area contributed by atoms with Crippen molar-refractivity contribution in [3.8, 4) is 5.75 Å². The number of hydrogen-bond acceptors (Lipinski definition) is 6. The molecule has 1 heterocycles. The van der Waals surface area contributed by atoms with Crippen LogP contribution in [0.1, 0.15) is 19.8 Å². The van der Waals surface area contributed by atoms with Crippen molar-refractivity contribution in [2.24, 2.45) is 0 Å². The molecule has 0 unspecified atom stereocenters. The molecule has 0 bridgehead atoms. The summed E-state index contributed by atoms with van der Waals surface area (Å²) >= 11 is 0. The third-order valence-electron chi connectivity index (χ3n) is 3.27. The quantitative estimate of drug-likeness (QED) is 0.788. The molecule has 1 aliphatic rings. The van der Waals surface area contributed by atoms with Crippen molar-refractivity contribution in [1.29, 1.82) is 0 Å². The van der Waals surface area contributed by atoms with Gasteiger partial charge in [0.05, 0.1) is 19.4 Å². The van der Waals surface area contributed by atoms with Gasteiger partial charge in [0.25, 0.3) is 10.0 Å². The summed E-state index contributed by atoms with van der Waals surface area (Å²) in [5.41, 5.74) is 0.177. The summed E-state index contributed by atoms with van der Waals surface area (Å²) in [5.74, 6) is 0.0162. The SMILES string of the molecule is CCOC(=O)CCCN1C(=O)Nc2cc(OC)ccc2S1(=O)=O. The highest BCUT2D eigenvalue weighted by atomic mass is 32.2. The number of fused-ring (bicyclic) bond motifs is 1. The van der Waals surface area contributed by atoms with E-state index in [-0.39, 0.29) is 36.6 Å². The number of sulfonamides is 1. The molecule has 0 aliphatic carbocycles. The van der Waals surface area contributed by atoms with Gasteiger partial charge in [-0.15, -0.1) is 0 Å². The number of esters is 1. The van der Waals surface area contributed by atoms with E-state index < -0.39 is 22.0 Å². The molecule has 1 N–H and O–H groups in total. The van der Waals surface area contributed by atoms with Crippen LogP contribution in [0.3, 0.4) is 0 Å². The summed E-state index contributed by atoms with van der Waals surface area (Å²) in [4.78, 5) is 23.3. The highest BCUT2D eigenvalue weighted by molar-refractivity contribution is 7.90. The molecule has 0 saturated heterocycles. The molecular formula is C14H18N2O6S. The number of benzene rings is 1. The average Bonchev–Trinajstić information content (AvgIpc) is 2.50. The lowest BCUT2D eigenvalue weighted by atomic mass is 10.3. The second kappa shape index (κ2) is 6.86. The first-order valence-electron chi connectivity index (χ1n) is 7.07. The predicted octanol–water partition coefficient (Wildman–Crippen LogP) is 1.57. The third-order valence-corrected chi connectivity index (χ3v) is 5.11. The molecule has 126 valence electrons. The van der Waals surface area contributed by atoms with Crippen LogP contribution in [0.4, 0.5) is 10.5 Å². The van der Waals surface area contributed by atoms with Gasteiger partial charge >= 0.3 is 12.0 Å². The van der Waals surface area contributed by atoms with Gasteiger partial charge in [0.2, 0.25) is 0 Å². The number of ether oxygens (including phenoxy) is 2. The lowest BCUT2D eigenvalue weighted by Gasteiger charge is -2.28. The van der Waals surface area contributed by atoms with Gasteiger partial charge in [0.15, 0.2) is 0 Å². The third kappa shape index (κ3) is 3.55. The maximum Gasteiger partial charge on any atom is 0.335 e. The molecular weight excluding hydrogens is 324 g/mol. The fraction of sp³-hybridized carbons (Fsp3) is 0.429. The summed E-state index contributed by atoms with van der Waals surface area (Å²) in [5, 5.41) is 2.52. The number of nitrogens with zero attached hydrogens (tertiary/aromatic N) is 1. The van der Waals surface area contributed by atoms with Gasteiger partial charge in [0, 0.05) is 19.0 Å². The van der Waals surface area contributed by atoms with Crippen LogP contribution < -0.4 is 10.1 Å². The molecule has 0 fully saturated rings.